The Balaban J connectivity index is 2.01. The number of aryl methyl sites for hydroxylation is 1. The Kier molecular flexibility index (Phi) is 4.99. The second-order valence-corrected chi connectivity index (χ2v) is 5.66. The first-order chi connectivity index (χ1) is 10.1. The van der Waals surface area contributed by atoms with Gasteiger partial charge in [0.1, 0.15) is 5.41 Å². The highest BCUT2D eigenvalue weighted by Gasteiger charge is 2.56. The van der Waals surface area contributed by atoms with Crippen LogP contribution in [0.15, 0.2) is 24.3 Å². The molecule has 21 heavy (non-hydrogen) atoms. The van der Waals surface area contributed by atoms with Crippen LogP contribution in [0, 0.1) is 5.41 Å². The minimum absolute atomic E-state index is 0.123. The first kappa shape index (κ1) is 15.5. The smallest absolute Gasteiger partial charge is 0.240 e. The summed E-state index contributed by atoms with van der Waals surface area (Å²) in [7, 11) is 0. The number of carbonyl (C=O) groups excluding carboxylic acids is 2. The van der Waals surface area contributed by atoms with E-state index in [-0.39, 0.29) is 11.8 Å². The Bertz CT molecular complexity index is 521. The fraction of sp³-hybridized carbons (Fsp3) is 0.529. The maximum absolute atomic E-state index is 12.5. The zero-order valence-corrected chi connectivity index (χ0v) is 12.9. The highest BCUT2D eigenvalue weighted by molar-refractivity contribution is 6.13. The van der Waals surface area contributed by atoms with E-state index in [0.29, 0.717) is 19.4 Å². The van der Waals surface area contributed by atoms with Gasteiger partial charge in [-0.05, 0) is 37.3 Å². The average Bonchev–Trinajstić information content (AvgIpc) is 3.29. The normalized spacial score (nSPS) is 15.3. The molecule has 2 N–H and O–H groups in total. The van der Waals surface area contributed by atoms with Crippen molar-refractivity contribution in [2.75, 3.05) is 11.9 Å². The lowest BCUT2D eigenvalue weighted by Gasteiger charge is -2.16. The van der Waals surface area contributed by atoms with Crippen LogP contribution in [0.25, 0.3) is 0 Å². The minimum atomic E-state index is -0.839. The molecule has 0 radical (unpaired) electrons. The largest absolute Gasteiger partial charge is 0.355 e. The number of nitrogens with one attached hydrogen (secondary N) is 2. The van der Waals surface area contributed by atoms with E-state index in [4.69, 9.17) is 0 Å². The van der Waals surface area contributed by atoms with Gasteiger partial charge in [-0.3, -0.25) is 9.59 Å². The van der Waals surface area contributed by atoms with Crippen molar-refractivity contribution < 1.29 is 9.59 Å². The van der Waals surface area contributed by atoms with Crippen molar-refractivity contribution in [2.45, 2.75) is 46.0 Å². The maximum atomic E-state index is 12.5. The Morgan fingerprint density at radius 2 is 1.86 bits per heavy atom. The number of rotatable bonds is 7. The van der Waals surface area contributed by atoms with E-state index < -0.39 is 5.41 Å². The molecule has 0 spiro atoms. The molecule has 0 aliphatic heterocycles. The standard InChI is InChI=1S/C17H24N2O2/c1-3-5-12-18-15(20)17(10-11-17)16(21)19-14-9-7-6-8-13(14)4-2/h6-9H,3-5,10-12H2,1-2H3,(H,18,20)(H,19,21). The molecule has 1 aromatic carbocycles. The molecule has 1 aliphatic carbocycles. The van der Waals surface area contributed by atoms with Gasteiger partial charge < -0.3 is 10.6 Å². The highest BCUT2D eigenvalue weighted by Crippen LogP contribution is 2.47. The SMILES string of the molecule is CCCCNC(=O)C1(C(=O)Nc2ccccc2CC)CC1. The summed E-state index contributed by atoms with van der Waals surface area (Å²) in [4.78, 5) is 24.7. The Morgan fingerprint density at radius 1 is 1.14 bits per heavy atom. The van der Waals surface area contributed by atoms with Crippen LogP contribution >= 0.6 is 0 Å². The van der Waals surface area contributed by atoms with Crippen molar-refractivity contribution in [3.8, 4) is 0 Å². The van der Waals surface area contributed by atoms with Crippen LogP contribution in [0.4, 0.5) is 5.69 Å². The molecule has 0 atom stereocenters. The van der Waals surface area contributed by atoms with Crippen LogP contribution in [0.3, 0.4) is 0 Å². The second kappa shape index (κ2) is 6.74. The molecule has 2 amide bonds. The molecule has 1 saturated carbocycles. The number of benzene rings is 1. The van der Waals surface area contributed by atoms with Crippen LogP contribution in [0.1, 0.15) is 45.1 Å². The van der Waals surface area contributed by atoms with Crippen molar-refractivity contribution in [1.82, 2.24) is 5.32 Å². The van der Waals surface area contributed by atoms with Crippen molar-refractivity contribution in [2.24, 2.45) is 5.41 Å². The third-order valence-electron chi connectivity index (χ3n) is 4.08. The molecule has 0 heterocycles. The number of hydrogen-bond acceptors (Lipinski definition) is 2. The molecule has 0 bridgehead atoms. The van der Waals surface area contributed by atoms with Crippen molar-refractivity contribution >= 4 is 17.5 Å². The number of amides is 2. The number of anilines is 1. The van der Waals surface area contributed by atoms with E-state index in [9.17, 15) is 9.59 Å². The number of para-hydroxylation sites is 1. The van der Waals surface area contributed by atoms with E-state index in [1.54, 1.807) is 0 Å². The van der Waals surface area contributed by atoms with E-state index in [1.807, 2.05) is 24.3 Å². The molecule has 4 heteroatoms. The summed E-state index contributed by atoms with van der Waals surface area (Å²) in [5.74, 6) is -0.292. The molecule has 0 aromatic heterocycles. The quantitative estimate of drug-likeness (QED) is 0.598. The lowest BCUT2D eigenvalue weighted by molar-refractivity contribution is -0.134. The van der Waals surface area contributed by atoms with Gasteiger partial charge in [0.15, 0.2) is 0 Å². The summed E-state index contributed by atoms with van der Waals surface area (Å²) >= 11 is 0. The molecule has 2 rings (SSSR count). The van der Waals surface area contributed by atoms with Gasteiger partial charge >= 0.3 is 0 Å². The zero-order valence-electron chi connectivity index (χ0n) is 12.9. The fourth-order valence-corrected chi connectivity index (χ4v) is 2.42. The Morgan fingerprint density at radius 3 is 2.48 bits per heavy atom. The molecule has 1 aromatic rings. The van der Waals surface area contributed by atoms with Crippen LogP contribution in [-0.2, 0) is 16.0 Å². The number of carbonyl (C=O) groups is 2. The molecule has 1 fully saturated rings. The van der Waals surface area contributed by atoms with Crippen molar-refractivity contribution in [1.29, 1.82) is 0 Å². The van der Waals surface area contributed by atoms with E-state index in [2.05, 4.69) is 24.5 Å². The summed E-state index contributed by atoms with van der Waals surface area (Å²) in [6, 6.07) is 7.74. The van der Waals surface area contributed by atoms with Crippen LogP contribution in [0.2, 0.25) is 0 Å². The van der Waals surface area contributed by atoms with Gasteiger partial charge in [0, 0.05) is 12.2 Å². The predicted octanol–water partition coefficient (Wildman–Crippen LogP) is 2.88. The second-order valence-electron chi connectivity index (χ2n) is 5.66. The summed E-state index contributed by atoms with van der Waals surface area (Å²) < 4.78 is 0. The maximum Gasteiger partial charge on any atom is 0.240 e. The highest BCUT2D eigenvalue weighted by atomic mass is 16.2. The Hall–Kier alpha value is -1.84. The van der Waals surface area contributed by atoms with Gasteiger partial charge in [0.2, 0.25) is 11.8 Å². The van der Waals surface area contributed by atoms with E-state index in [0.717, 1.165) is 30.5 Å². The first-order valence-corrected chi connectivity index (χ1v) is 7.81. The third kappa shape index (κ3) is 3.43. The van der Waals surface area contributed by atoms with E-state index >= 15 is 0 Å². The predicted molar refractivity (Wildman–Crippen MR) is 84.0 cm³/mol. The lowest BCUT2D eigenvalue weighted by atomic mass is 10.0. The summed E-state index contributed by atoms with van der Waals surface area (Å²) in [5.41, 5.74) is 1.07. The average molecular weight is 288 g/mol. The van der Waals surface area contributed by atoms with Gasteiger partial charge in [-0.1, -0.05) is 38.5 Å². The number of unbranched alkanes of at least 4 members (excludes halogenated alkanes) is 1. The Labute approximate surface area is 126 Å². The number of hydrogen-bond donors (Lipinski definition) is 2. The summed E-state index contributed by atoms with van der Waals surface area (Å²) in [6.07, 6.45) is 4.12. The third-order valence-corrected chi connectivity index (χ3v) is 4.08. The van der Waals surface area contributed by atoms with Crippen molar-refractivity contribution in [3.05, 3.63) is 29.8 Å². The molecule has 0 saturated heterocycles. The molecular weight excluding hydrogens is 264 g/mol. The van der Waals surface area contributed by atoms with Gasteiger partial charge in [-0.15, -0.1) is 0 Å². The lowest BCUT2D eigenvalue weighted by Crippen LogP contribution is -2.40. The van der Waals surface area contributed by atoms with Gasteiger partial charge in [-0.25, -0.2) is 0 Å². The van der Waals surface area contributed by atoms with Crippen LogP contribution in [0.5, 0.6) is 0 Å². The first-order valence-electron chi connectivity index (χ1n) is 7.81. The fourth-order valence-electron chi connectivity index (χ4n) is 2.42. The van der Waals surface area contributed by atoms with Gasteiger partial charge in [0.05, 0.1) is 0 Å². The molecular formula is C17H24N2O2. The monoisotopic (exact) mass is 288 g/mol. The van der Waals surface area contributed by atoms with Gasteiger partial charge in [0.25, 0.3) is 0 Å². The topological polar surface area (TPSA) is 58.2 Å². The van der Waals surface area contributed by atoms with E-state index in [1.165, 1.54) is 0 Å². The molecule has 0 unspecified atom stereocenters. The zero-order chi connectivity index (χ0) is 15.3. The molecule has 1 aliphatic rings. The summed E-state index contributed by atoms with van der Waals surface area (Å²) in [6.45, 7) is 4.78. The summed E-state index contributed by atoms with van der Waals surface area (Å²) in [5, 5.41) is 5.82. The molecule has 114 valence electrons. The van der Waals surface area contributed by atoms with Crippen LogP contribution in [-0.4, -0.2) is 18.4 Å². The molecule has 4 nitrogen and oxygen atoms in total. The minimum Gasteiger partial charge on any atom is -0.355 e. The van der Waals surface area contributed by atoms with Gasteiger partial charge in [-0.2, -0.15) is 0 Å². The van der Waals surface area contributed by atoms with Crippen molar-refractivity contribution in [3.63, 3.8) is 0 Å². The van der Waals surface area contributed by atoms with Crippen LogP contribution < -0.4 is 10.6 Å².